The predicted octanol–water partition coefficient (Wildman–Crippen LogP) is -0.0156. The van der Waals surface area contributed by atoms with Gasteiger partial charge in [0.2, 0.25) is 0 Å². The molecule has 1 N–H and O–H groups in total. The summed E-state index contributed by atoms with van der Waals surface area (Å²) in [4.78, 5) is 39.5. The van der Waals surface area contributed by atoms with Gasteiger partial charge < -0.3 is 9.47 Å². The van der Waals surface area contributed by atoms with Crippen molar-refractivity contribution in [2.75, 3.05) is 7.11 Å². The lowest BCUT2D eigenvalue weighted by molar-refractivity contribution is -0.155. The van der Waals surface area contributed by atoms with Gasteiger partial charge in [-0.25, -0.2) is 9.59 Å². The molecule has 1 unspecified atom stereocenters. The Morgan fingerprint density at radius 3 is 2.95 bits per heavy atom. The maximum Gasteiger partial charge on any atom is 0.335 e. The summed E-state index contributed by atoms with van der Waals surface area (Å²) in [6, 6.07) is -0.786. The molecule has 2 rings (SSSR count). The number of carbonyl (C=O) groups excluding carboxylic acids is 1. The number of ether oxygens (including phenoxy) is 2. The van der Waals surface area contributed by atoms with Crippen LogP contribution in [0.15, 0.2) is 20.9 Å². The SMILES string of the molecule is COC(=O)[C@H]1O[C@@H](n2cc(C)c(=O)[nH]c2=O)CC1N=[N+]=[N-]. The summed E-state index contributed by atoms with van der Waals surface area (Å²) >= 11 is 0. The van der Waals surface area contributed by atoms with E-state index in [0.29, 0.717) is 5.56 Å². The summed E-state index contributed by atoms with van der Waals surface area (Å²) in [5.74, 6) is -0.691. The number of rotatable bonds is 3. The second-order valence-electron chi connectivity index (χ2n) is 4.52. The third-order valence-electron chi connectivity index (χ3n) is 3.19. The molecule has 112 valence electrons. The van der Waals surface area contributed by atoms with E-state index in [1.165, 1.54) is 20.2 Å². The van der Waals surface area contributed by atoms with E-state index in [0.717, 1.165) is 4.57 Å². The summed E-state index contributed by atoms with van der Waals surface area (Å²) in [5.41, 5.74) is 7.68. The number of carbonyl (C=O) groups is 1. The molecule has 0 aliphatic carbocycles. The van der Waals surface area contributed by atoms with Crippen LogP contribution in [0.2, 0.25) is 0 Å². The van der Waals surface area contributed by atoms with Crippen molar-refractivity contribution in [2.45, 2.75) is 31.7 Å². The number of esters is 1. The van der Waals surface area contributed by atoms with Crippen molar-refractivity contribution >= 4 is 5.97 Å². The van der Waals surface area contributed by atoms with Crippen molar-refractivity contribution < 1.29 is 14.3 Å². The van der Waals surface area contributed by atoms with Crippen molar-refractivity contribution in [2.24, 2.45) is 5.11 Å². The number of H-pyrrole nitrogens is 1. The molecule has 1 saturated heterocycles. The van der Waals surface area contributed by atoms with E-state index in [1.807, 2.05) is 0 Å². The van der Waals surface area contributed by atoms with Crippen LogP contribution in [0.4, 0.5) is 0 Å². The van der Waals surface area contributed by atoms with Gasteiger partial charge in [0.15, 0.2) is 6.10 Å². The van der Waals surface area contributed by atoms with E-state index in [9.17, 15) is 14.4 Å². The summed E-state index contributed by atoms with van der Waals surface area (Å²) in [7, 11) is 1.18. The first kappa shape index (κ1) is 14.8. The Hall–Kier alpha value is -2.58. The molecular formula is C11H13N5O5. The molecule has 10 heteroatoms. The van der Waals surface area contributed by atoms with Crippen molar-refractivity contribution in [1.82, 2.24) is 9.55 Å². The molecular weight excluding hydrogens is 282 g/mol. The molecule has 1 aromatic rings. The number of aromatic nitrogens is 2. The topological polar surface area (TPSA) is 139 Å². The zero-order valence-electron chi connectivity index (χ0n) is 11.3. The smallest absolute Gasteiger partial charge is 0.335 e. The molecule has 0 saturated carbocycles. The van der Waals surface area contributed by atoms with Crippen LogP contribution in [-0.2, 0) is 14.3 Å². The zero-order chi connectivity index (χ0) is 15.6. The molecule has 1 aliphatic rings. The molecule has 0 radical (unpaired) electrons. The summed E-state index contributed by atoms with van der Waals surface area (Å²) in [6.07, 6.45) is -0.462. The lowest BCUT2D eigenvalue weighted by atomic mass is 10.1. The average Bonchev–Trinajstić information content (AvgIpc) is 2.86. The highest BCUT2D eigenvalue weighted by atomic mass is 16.6. The number of methoxy groups -OCH3 is 1. The lowest BCUT2D eigenvalue weighted by Gasteiger charge is -2.15. The van der Waals surface area contributed by atoms with Crippen LogP contribution < -0.4 is 11.2 Å². The molecule has 21 heavy (non-hydrogen) atoms. The van der Waals surface area contributed by atoms with E-state index in [4.69, 9.17) is 10.3 Å². The number of nitrogens with one attached hydrogen (secondary N) is 1. The molecule has 1 aromatic heterocycles. The first-order valence-corrected chi connectivity index (χ1v) is 6.07. The second kappa shape index (κ2) is 5.81. The molecule has 0 bridgehead atoms. The van der Waals surface area contributed by atoms with Gasteiger partial charge in [-0.1, -0.05) is 5.11 Å². The first-order chi connectivity index (χ1) is 9.97. The minimum atomic E-state index is -1.09. The number of aromatic amines is 1. The van der Waals surface area contributed by atoms with E-state index in [1.54, 1.807) is 0 Å². The number of azide groups is 1. The number of hydrogen-bond acceptors (Lipinski definition) is 6. The Morgan fingerprint density at radius 2 is 2.33 bits per heavy atom. The Kier molecular flexibility index (Phi) is 4.10. The van der Waals surface area contributed by atoms with Gasteiger partial charge in [0.25, 0.3) is 5.56 Å². The van der Waals surface area contributed by atoms with Gasteiger partial charge >= 0.3 is 11.7 Å². The van der Waals surface area contributed by atoms with E-state index < -0.39 is 35.6 Å². The molecule has 0 spiro atoms. The molecule has 0 aromatic carbocycles. The predicted molar refractivity (Wildman–Crippen MR) is 69.5 cm³/mol. The van der Waals surface area contributed by atoms with E-state index in [-0.39, 0.29) is 6.42 Å². The summed E-state index contributed by atoms with van der Waals surface area (Å²) in [6.45, 7) is 1.53. The highest BCUT2D eigenvalue weighted by molar-refractivity contribution is 5.75. The number of nitrogens with zero attached hydrogens (tertiary/aromatic N) is 4. The third-order valence-corrected chi connectivity index (χ3v) is 3.19. The highest BCUT2D eigenvalue weighted by Gasteiger charge is 2.41. The molecule has 2 heterocycles. The molecule has 0 amide bonds. The molecule has 10 nitrogen and oxygen atoms in total. The standard InChI is InChI=1S/C11H13N5O5/c1-5-4-16(11(19)13-9(5)17)7-3-6(14-15-12)8(21-7)10(18)20-2/h4,6-8H,3H2,1-2H3,(H,13,17,19)/t6?,7-,8+/m1/s1. The summed E-state index contributed by atoms with van der Waals surface area (Å²) < 4.78 is 11.2. The Morgan fingerprint density at radius 1 is 1.62 bits per heavy atom. The van der Waals surface area contributed by atoms with Gasteiger partial charge in [0, 0.05) is 23.1 Å². The number of aryl methyl sites for hydroxylation is 1. The van der Waals surface area contributed by atoms with Gasteiger partial charge in [0.05, 0.1) is 13.2 Å². The maximum atomic E-state index is 11.8. The second-order valence-corrected chi connectivity index (χ2v) is 4.52. The quantitative estimate of drug-likeness (QED) is 0.361. The molecule has 3 atom stereocenters. The van der Waals surface area contributed by atoms with E-state index >= 15 is 0 Å². The van der Waals surface area contributed by atoms with Crippen molar-refractivity contribution in [1.29, 1.82) is 0 Å². The van der Waals surface area contributed by atoms with Crippen LogP contribution in [0, 0.1) is 6.92 Å². The van der Waals surface area contributed by atoms with Crippen LogP contribution >= 0.6 is 0 Å². The fourth-order valence-electron chi connectivity index (χ4n) is 2.13. The Balaban J connectivity index is 2.37. The van der Waals surface area contributed by atoms with Crippen LogP contribution in [-0.4, -0.2) is 34.8 Å². The summed E-state index contributed by atoms with van der Waals surface area (Å²) in [5, 5.41) is 3.49. The Labute approximate surface area is 117 Å². The maximum absolute atomic E-state index is 11.8. The highest BCUT2D eigenvalue weighted by Crippen LogP contribution is 2.30. The number of hydrogen-bond donors (Lipinski definition) is 1. The van der Waals surface area contributed by atoms with Crippen molar-refractivity contribution in [3.05, 3.63) is 43.0 Å². The van der Waals surface area contributed by atoms with Gasteiger partial charge in [-0.15, -0.1) is 0 Å². The van der Waals surface area contributed by atoms with Crippen LogP contribution in [0.1, 0.15) is 18.2 Å². The van der Waals surface area contributed by atoms with E-state index in [2.05, 4.69) is 19.7 Å². The third kappa shape index (κ3) is 2.81. The van der Waals surface area contributed by atoms with Crippen LogP contribution in [0.25, 0.3) is 10.4 Å². The zero-order valence-corrected chi connectivity index (χ0v) is 11.3. The fraction of sp³-hybridized carbons (Fsp3) is 0.545. The van der Waals surface area contributed by atoms with Crippen molar-refractivity contribution in [3.8, 4) is 0 Å². The lowest BCUT2D eigenvalue weighted by Crippen LogP contribution is -2.34. The van der Waals surface area contributed by atoms with Gasteiger partial charge in [-0.05, 0) is 12.5 Å². The normalized spacial score (nSPS) is 24.4. The Bertz CT molecular complexity index is 716. The average molecular weight is 295 g/mol. The molecule has 1 fully saturated rings. The first-order valence-electron chi connectivity index (χ1n) is 6.07. The van der Waals surface area contributed by atoms with Crippen LogP contribution in [0.5, 0.6) is 0 Å². The molecule has 1 aliphatic heterocycles. The van der Waals surface area contributed by atoms with Gasteiger partial charge in [0.1, 0.15) is 6.23 Å². The van der Waals surface area contributed by atoms with Gasteiger partial charge in [-0.3, -0.25) is 14.3 Å². The minimum absolute atomic E-state index is 0.120. The minimum Gasteiger partial charge on any atom is -0.467 e. The largest absolute Gasteiger partial charge is 0.467 e. The fourth-order valence-corrected chi connectivity index (χ4v) is 2.13. The van der Waals surface area contributed by atoms with Gasteiger partial charge in [-0.2, -0.15) is 0 Å². The monoisotopic (exact) mass is 295 g/mol. The van der Waals surface area contributed by atoms with Crippen LogP contribution in [0.3, 0.4) is 0 Å². The van der Waals surface area contributed by atoms with Crippen molar-refractivity contribution in [3.63, 3.8) is 0 Å².